The molecule has 1 aliphatic heterocycles. The van der Waals surface area contributed by atoms with Crippen molar-refractivity contribution in [3.63, 3.8) is 0 Å². The summed E-state index contributed by atoms with van der Waals surface area (Å²) >= 11 is 1.26. The van der Waals surface area contributed by atoms with Gasteiger partial charge in [0.15, 0.2) is 0 Å². The fraction of sp³-hybridized carbons (Fsp3) is 0.423. The maximum absolute atomic E-state index is 12.2. The summed E-state index contributed by atoms with van der Waals surface area (Å²) < 4.78 is 4.90. The number of anilines is 1. The highest BCUT2D eigenvalue weighted by atomic mass is 32.1. The van der Waals surface area contributed by atoms with E-state index in [2.05, 4.69) is 39.4 Å². The first kappa shape index (κ1) is 23.0. The lowest BCUT2D eigenvalue weighted by Gasteiger charge is -2.41. The van der Waals surface area contributed by atoms with Crippen LogP contribution in [0.4, 0.5) is 5.69 Å². The molecular formula is C26H30N4O3S. The molecule has 1 atom stereocenters. The third-order valence-corrected chi connectivity index (χ3v) is 7.99. The minimum absolute atomic E-state index is 0.228. The molecule has 2 aromatic heterocycles. The van der Waals surface area contributed by atoms with Gasteiger partial charge in [-0.2, -0.15) is 0 Å². The highest BCUT2D eigenvalue weighted by Gasteiger charge is 2.27. The van der Waals surface area contributed by atoms with Gasteiger partial charge < -0.3 is 10.1 Å². The molecule has 2 aliphatic rings. The first-order valence-electron chi connectivity index (χ1n) is 11.8. The van der Waals surface area contributed by atoms with Gasteiger partial charge in [-0.1, -0.05) is 24.3 Å². The van der Waals surface area contributed by atoms with Crippen molar-refractivity contribution in [2.75, 3.05) is 38.6 Å². The number of pyridine rings is 1. The number of hydrogen-bond acceptors (Lipinski definition) is 7. The summed E-state index contributed by atoms with van der Waals surface area (Å²) in [7, 11) is 1.34. The Labute approximate surface area is 203 Å². The maximum Gasteiger partial charge on any atom is 0.350 e. The Bertz CT molecular complexity index is 1220. The Morgan fingerprint density at radius 2 is 1.88 bits per heavy atom. The second-order valence-electron chi connectivity index (χ2n) is 9.11. The summed E-state index contributed by atoms with van der Waals surface area (Å²) in [6.07, 6.45) is 3.58. The van der Waals surface area contributed by atoms with Gasteiger partial charge in [-0.25, -0.2) is 9.78 Å². The Morgan fingerprint density at radius 1 is 1.12 bits per heavy atom. The molecule has 0 bridgehead atoms. The molecule has 1 amide bonds. The van der Waals surface area contributed by atoms with Crippen LogP contribution in [0.15, 0.2) is 36.4 Å². The number of nitrogens with one attached hydrogen (secondary N) is 1. The van der Waals surface area contributed by atoms with Crippen LogP contribution in [0.2, 0.25) is 0 Å². The first-order valence-corrected chi connectivity index (χ1v) is 12.6. The number of esters is 1. The average molecular weight is 479 g/mol. The lowest BCUT2D eigenvalue weighted by molar-refractivity contribution is -0.114. The van der Waals surface area contributed by atoms with Crippen LogP contribution >= 0.6 is 11.3 Å². The summed E-state index contributed by atoms with van der Waals surface area (Å²) in [6.45, 7) is 6.40. The number of fused-ring (bicyclic) bond motifs is 2. The van der Waals surface area contributed by atoms with Gasteiger partial charge >= 0.3 is 5.97 Å². The summed E-state index contributed by atoms with van der Waals surface area (Å²) in [5.74, 6) is -0.692. The van der Waals surface area contributed by atoms with E-state index in [9.17, 15) is 9.59 Å². The molecule has 0 saturated carbocycles. The number of hydrogen-bond donors (Lipinski definition) is 1. The number of methoxy groups -OCH3 is 1. The van der Waals surface area contributed by atoms with Crippen LogP contribution in [0.5, 0.6) is 0 Å². The van der Waals surface area contributed by atoms with Crippen molar-refractivity contribution < 1.29 is 14.3 Å². The van der Waals surface area contributed by atoms with Gasteiger partial charge in [0.1, 0.15) is 9.71 Å². The third-order valence-electron chi connectivity index (χ3n) is 6.91. The second-order valence-corrected chi connectivity index (χ2v) is 10.1. The Balaban J connectivity index is 1.24. The number of aryl methyl sites for hydroxylation is 1. The van der Waals surface area contributed by atoms with Crippen molar-refractivity contribution in [2.45, 2.75) is 38.8 Å². The third kappa shape index (κ3) is 4.71. The predicted molar refractivity (Wildman–Crippen MR) is 134 cm³/mol. The van der Waals surface area contributed by atoms with Crippen LogP contribution in [-0.4, -0.2) is 66.0 Å². The van der Waals surface area contributed by atoms with Gasteiger partial charge in [-0.15, -0.1) is 11.3 Å². The molecule has 178 valence electrons. The smallest absolute Gasteiger partial charge is 0.350 e. The topological polar surface area (TPSA) is 74.8 Å². The molecule has 1 aliphatic carbocycles. The van der Waals surface area contributed by atoms with Crippen molar-refractivity contribution in [1.82, 2.24) is 14.8 Å². The van der Waals surface area contributed by atoms with Gasteiger partial charge in [0.25, 0.3) is 0 Å². The van der Waals surface area contributed by atoms with Crippen molar-refractivity contribution in [1.29, 1.82) is 0 Å². The molecule has 5 rings (SSSR count). The van der Waals surface area contributed by atoms with E-state index < -0.39 is 5.97 Å². The molecule has 0 radical (unpaired) electrons. The van der Waals surface area contributed by atoms with Gasteiger partial charge in [0, 0.05) is 51.1 Å². The number of rotatable bonds is 5. The zero-order valence-electron chi connectivity index (χ0n) is 19.7. The Hall–Kier alpha value is -2.81. The highest BCUT2D eigenvalue weighted by molar-refractivity contribution is 7.21. The van der Waals surface area contributed by atoms with Crippen LogP contribution in [0.1, 0.15) is 39.8 Å². The Morgan fingerprint density at radius 3 is 2.62 bits per heavy atom. The number of ether oxygens (including phenoxy) is 1. The summed E-state index contributed by atoms with van der Waals surface area (Å²) in [6, 6.07) is 13.4. The van der Waals surface area contributed by atoms with Crippen LogP contribution < -0.4 is 5.32 Å². The Kier molecular flexibility index (Phi) is 6.63. The molecule has 8 heteroatoms. The fourth-order valence-electron chi connectivity index (χ4n) is 5.15. The van der Waals surface area contributed by atoms with Gasteiger partial charge in [-0.3, -0.25) is 14.6 Å². The van der Waals surface area contributed by atoms with E-state index in [4.69, 9.17) is 9.72 Å². The summed E-state index contributed by atoms with van der Waals surface area (Å²) in [5.41, 5.74) is 4.49. The molecule has 1 aromatic carbocycles. The summed E-state index contributed by atoms with van der Waals surface area (Å²) in [5, 5.41) is 3.54. The number of thiophene rings is 1. The molecule has 3 heterocycles. The van der Waals surface area contributed by atoms with E-state index in [0.29, 0.717) is 16.6 Å². The van der Waals surface area contributed by atoms with E-state index in [1.165, 1.54) is 49.3 Å². The molecular weight excluding hydrogens is 448 g/mol. The largest absolute Gasteiger partial charge is 0.465 e. The minimum atomic E-state index is -0.463. The second kappa shape index (κ2) is 9.82. The van der Waals surface area contributed by atoms with Crippen molar-refractivity contribution in [2.24, 2.45) is 0 Å². The standard InChI is InChI=1S/C26H30N4O3S/c1-17(31)27-23-22-10-8-20(28-25(22)34-24(23)26(32)33-2)16-29-11-13-30(14-12-29)21-9-7-18-5-3-4-6-19(18)15-21/h3-6,8,10,21H,7,9,11-16H2,1-2H3,(H,27,31)/t21-/m1/s1. The number of benzene rings is 1. The first-order chi connectivity index (χ1) is 16.5. The minimum Gasteiger partial charge on any atom is -0.465 e. The van der Waals surface area contributed by atoms with Gasteiger partial charge in [0.2, 0.25) is 5.91 Å². The zero-order chi connectivity index (χ0) is 23.7. The average Bonchev–Trinajstić information content (AvgIpc) is 3.20. The van der Waals surface area contributed by atoms with E-state index in [1.807, 2.05) is 12.1 Å². The van der Waals surface area contributed by atoms with E-state index in [-0.39, 0.29) is 5.91 Å². The fourth-order valence-corrected chi connectivity index (χ4v) is 6.21. The molecule has 1 N–H and O–H groups in total. The van der Waals surface area contributed by atoms with Crippen LogP contribution in [0.25, 0.3) is 10.2 Å². The summed E-state index contributed by atoms with van der Waals surface area (Å²) in [4.78, 5) is 34.9. The predicted octanol–water partition coefficient (Wildman–Crippen LogP) is 3.72. The molecule has 1 saturated heterocycles. The number of aromatic nitrogens is 1. The number of piperazine rings is 1. The molecule has 0 unspecified atom stereocenters. The monoisotopic (exact) mass is 478 g/mol. The normalized spacial score (nSPS) is 19.1. The van der Waals surface area contributed by atoms with Gasteiger partial charge in [-0.05, 0) is 42.5 Å². The SMILES string of the molecule is COC(=O)c1sc2nc(CN3CCN([C@@H]4CCc5ccccc5C4)CC3)ccc2c1NC(C)=O. The van der Waals surface area contributed by atoms with Gasteiger partial charge in [0.05, 0.1) is 18.5 Å². The molecule has 34 heavy (non-hydrogen) atoms. The van der Waals surface area contributed by atoms with E-state index in [0.717, 1.165) is 55.1 Å². The highest BCUT2D eigenvalue weighted by Crippen LogP contribution is 2.35. The van der Waals surface area contributed by atoms with Crippen molar-refractivity contribution in [3.05, 3.63) is 58.1 Å². The van der Waals surface area contributed by atoms with Crippen LogP contribution in [0, 0.1) is 0 Å². The van der Waals surface area contributed by atoms with Crippen LogP contribution in [0.3, 0.4) is 0 Å². The number of carbonyl (C=O) groups is 2. The van der Waals surface area contributed by atoms with Crippen molar-refractivity contribution in [3.8, 4) is 0 Å². The van der Waals surface area contributed by atoms with Crippen molar-refractivity contribution >= 4 is 39.1 Å². The number of nitrogens with zero attached hydrogens (tertiary/aromatic N) is 3. The number of amides is 1. The van der Waals surface area contributed by atoms with Crippen LogP contribution in [-0.2, 0) is 28.9 Å². The molecule has 1 fully saturated rings. The lowest BCUT2D eigenvalue weighted by Crippen LogP contribution is -2.51. The maximum atomic E-state index is 12.2. The molecule has 0 spiro atoms. The van der Waals surface area contributed by atoms with E-state index in [1.54, 1.807) is 0 Å². The molecule has 7 nitrogen and oxygen atoms in total. The number of carbonyl (C=O) groups excluding carboxylic acids is 2. The zero-order valence-corrected chi connectivity index (χ0v) is 20.5. The van der Waals surface area contributed by atoms with E-state index >= 15 is 0 Å². The quantitative estimate of drug-likeness (QED) is 0.564. The molecule has 3 aromatic rings. The lowest BCUT2D eigenvalue weighted by atomic mass is 9.87.